The predicted octanol–water partition coefficient (Wildman–Crippen LogP) is 1.80. The van der Waals surface area contributed by atoms with Gasteiger partial charge in [-0.05, 0) is 30.9 Å². The number of carbonyl (C=O) groups excluding carboxylic acids is 2. The summed E-state index contributed by atoms with van der Waals surface area (Å²) in [5, 5.41) is 11.4. The number of carboxylic acids is 1. The maximum Gasteiger partial charge on any atom is 0.303 e. The van der Waals surface area contributed by atoms with Crippen LogP contribution in [-0.4, -0.2) is 29.3 Å². The summed E-state index contributed by atoms with van der Waals surface area (Å²) in [6.07, 6.45) is 2.20. The number of Topliss-reactive ketones (excluding diaryl/α,β-unsaturated/α-hetero) is 1. The highest BCUT2D eigenvalue weighted by Crippen LogP contribution is 2.18. The maximum atomic E-state index is 12.0. The number of aryl methyl sites for hydroxylation is 1. The molecule has 1 amide bonds. The quantitative estimate of drug-likeness (QED) is 0.803. The summed E-state index contributed by atoms with van der Waals surface area (Å²) >= 11 is 0. The van der Waals surface area contributed by atoms with Gasteiger partial charge >= 0.3 is 5.97 Å². The third-order valence-electron chi connectivity index (χ3n) is 3.38. The molecule has 106 valence electrons. The predicted molar refractivity (Wildman–Crippen MR) is 72.9 cm³/mol. The van der Waals surface area contributed by atoms with Gasteiger partial charge in [0.1, 0.15) is 0 Å². The molecule has 0 bridgehead atoms. The lowest BCUT2D eigenvalue weighted by Gasteiger charge is -2.07. The largest absolute Gasteiger partial charge is 0.481 e. The van der Waals surface area contributed by atoms with Gasteiger partial charge in [-0.2, -0.15) is 0 Å². The molecule has 0 saturated carbocycles. The number of nitrogens with one attached hydrogen (secondary N) is 1. The van der Waals surface area contributed by atoms with E-state index in [2.05, 4.69) is 5.32 Å². The molecule has 0 fully saturated rings. The smallest absolute Gasteiger partial charge is 0.303 e. The zero-order valence-electron chi connectivity index (χ0n) is 11.1. The van der Waals surface area contributed by atoms with Crippen molar-refractivity contribution in [2.24, 2.45) is 0 Å². The molecule has 1 aliphatic heterocycles. The van der Waals surface area contributed by atoms with Crippen LogP contribution in [0.4, 0.5) is 0 Å². The van der Waals surface area contributed by atoms with E-state index >= 15 is 0 Å². The molecular weight excluding hydrogens is 258 g/mol. The minimum absolute atomic E-state index is 0.0167. The van der Waals surface area contributed by atoms with Gasteiger partial charge in [0.25, 0.3) is 5.91 Å². The Morgan fingerprint density at radius 2 is 2.05 bits per heavy atom. The van der Waals surface area contributed by atoms with Gasteiger partial charge in [-0.3, -0.25) is 14.4 Å². The molecule has 0 aliphatic carbocycles. The first-order valence-electron chi connectivity index (χ1n) is 6.74. The first kappa shape index (κ1) is 14.2. The Hall–Kier alpha value is -2.17. The molecule has 5 nitrogen and oxygen atoms in total. The fourth-order valence-corrected chi connectivity index (χ4v) is 2.30. The minimum Gasteiger partial charge on any atom is -0.481 e. The van der Waals surface area contributed by atoms with Crippen molar-refractivity contribution in [2.45, 2.75) is 32.1 Å². The van der Waals surface area contributed by atoms with Gasteiger partial charge in [0, 0.05) is 30.5 Å². The van der Waals surface area contributed by atoms with E-state index in [-0.39, 0.29) is 24.5 Å². The van der Waals surface area contributed by atoms with Crippen molar-refractivity contribution in [1.29, 1.82) is 0 Å². The lowest BCUT2D eigenvalue weighted by atomic mass is 9.97. The third kappa shape index (κ3) is 3.44. The number of hydrogen-bond acceptors (Lipinski definition) is 3. The van der Waals surface area contributed by atoms with Crippen LogP contribution >= 0.6 is 0 Å². The molecule has 1 aromatic rings. The molecule has 1 aliphatic rings. The fraction of sp³-hybridized carbons (Fsp3) is 0.400. The van der Waals surface area contributed by atoms with Gasteiger partial charge in [-0.15, -0.1) is 0 Å². The van der Waals surface area contributed by atoms with Gasteiger partial charge in [-0.1, -0.05) is 12.1 Å². The first-order chi connectivity index (χ1) is 9.58. The first-order valence-corrected chi connectivity index (χ1v) is 6.74. The van der Waals surface area contributed by atoms with Crippen LogP contribution in [0.25, 0.3) is 0 Å². The minimum atomic E-state index is -0.904. The molecule has 1 aromatic carbocycles. The van der Waals surface area contributed by atoms with Crippen molar-refractivity contribution in [1.82, 2.24) is 5.32 Å². The van der Waals surface area contributed by atoms with Crippen molar-refractivity contribution in [3.63, 3.8) is 0 Å². The summed E-state index contributed by atoms with van der Waals surface area (Å²) in [6, 6.07) is 5.17. The van der Waals surface area contributed by atoms with E-state index in [4.69, 9.17) is 5.11 Å². The van der Waals surface area contributed by atoms with Crippen LogP contribution in [0, 0.1) is 0 Å². The highest BCUT2D eigenvalue weighted by molar-refractivity contribution is 6.01. The van der Waals surface area contributed by atoms with Gasteiger partial charge in [-0.25, -0.2) is 0 Å². The van der Waals surface area contributed by atoms with Gasteiger partial charge in [0.2, 0.25) is 0 Å². The molecule has 0 radical (unpaired) electrons. The Bertz CT molecular complexity index is 551. The molecule has 0 atom stereocenters. The van der Waals surface area contributed by atoms with Crippen molar-refractivity contribution < 1.29 is 19.5 Å². The van der Waals surface area contributed by atoms with Crippen molar-refractivity contribution >= 4 is 17.7 Å². The van der Waals surface area contributed by atoms with Crippen LogP contribution in [-0.2, 0) is 11.2 Å². The van der Waals surface area contributed by atoms with Crippen molar-refractivity contribution in [2.75, 3.05) is 6.54 Å². The Balaban J connectivity index is 2.11. The highest BCUT2D eigenvalue weighted by atomic mass is 16.4. The number of amides is 1. The number of hydrogen-bond donors (Lipinski definition) is 2. The van der Waals surface area contributed by atoms with E-state index in [1.165, 1.54) is 0 Å². The summed E-state index contributed by atoms with van der Waals surface area (Å²) in [7, 11) is 0. The van der Waals surface area contributed by atoms with E-state index in [9.17, 15) is 14.4 Å². The monoisotopic (exact) mass is 275 g/mol. The molecule has 5 heteroatoms. The Kier molecular flexibility index (Phi) is 4.50. The highest BCUT2D eigenvalue weighted by Gasteiger charge is 2.17. The second kappa shape index (κ2) is 6.32. The topological polar surface area (TPSA) is 83.5 Å². The standard InChI is InChI=1S/C15H17NO4/c17-13(4-1-5-14(18)19)11-7-6-10-3-2-8-16-15(20)12(10)9-11/h6-7,9H,1-5,8H2,(H,16,20)(H,18,19). The molecule has 2 N–H and O–H groups in total. The number of fused-ring (bicyclic) bond motifs is 1. The van der Waals surface area contributed by atoms with E-state index < -0.39 is 5.97 Å². The molecule has 0 unspecified atom stereocenters. The molecule has 1 heterocycles. The number of carbonyl (C=O) groups is 3. The van der Waals surface area contributed by atoms with Crippen molar-refractivity contribution in [3.05, 3.63) is 34.9 Å². The zero-order chi connectivity index (χ0) is 14.5. The average molecular weight is 275 g/mol. The SMILES string of the molecule is O=C(O)CCCC(=O)c1ccc2c(c1)C(=O)NCCC2. The molecule has 0 spiro atoms. The van der Waals surface area contributed by atoms with Gasteiger partial charge in [0.05, 0.1) is 0 Å². The summed E-state index contributed by atoms with van der Waals surface area (Å²) < 4.78 is 0. The fourth-order valence-electron chi connectivity index (χ4n) is 2.30. The molecule has 2 rings (SSSR count). The Morgan fingerprint density at radius 3 is 2.80 bits per heavy atom. The van der Waals surface area contributed by atoms with Crippen LogP contribution in [0.2, 0.25) is 0 Å². The van der Waals surface area contributed by atoms with E-state index in [1.807, 2.05) is 6.07 Å². The normalized spacial score (nSPS) is 14.1. The second-order valence-electron chi connectivity index (χ2n) is 4.90. The average Bonchev–Trinajstić information content (AvgIpc) is 2.60. The summed E-state index contributed by atoms with van der Waals surface area (Å²) in [6.45, 7) is 0.648. The lowest BCUT2D eigenvalue weighted by Crippen LogP contribution is -2.22. The Morgan fingerprint density at radius 1 is 1.25 bits per heavy atom. The molecule has 0 saturated heterocycles. The van der Waals surface area contributed by atoms with E-state index in [0.29, 0.717) is 24.1 Å². The number of aliphatic carboxylic acids is 1. The van der Waals surface area contributed by atoms with E-state index in [0.717, 1.165) is 18.4 Å². The Labute approximate surface area is 117 Å². The second-order valence-corrected chi connectivity index (χ2v) is 4.90. The van der Waals surface area contributed by atoms with Crippen LogP contribution in [0.3, 0.4) is 0 Å². The third-order valence-corrected chi connectivity index (χ3v) is 3.38. The summed E-state index contributed by atoms with van der Waals surface area (Å²) in [5.41, 5.74) is 2.00. The van der Waals surface area contributed by atoms with E-state index in [1.54, 1.807) is 12.1 Å². The molecule has 0 aromatic heterocycles. The number of benzene rings is 1. The molecule has 20 heavy (non-hydrogen) atoms. The lowest BCUT2D eigenvalue weighted by molar-refractivity contribution is -0.137. The summed E-state index contributed by atoms with van der Waals surface area (Å²) in [5.74, 6) is -1.16. The van der Waals surface area contributed by atoms with Crippen molar-refractivity contribution in [3.8, 4) is 0 Å². The van der Waals surface area contributed by atoms with Crippen LogP contribution in [0.1, 0.15) is 52.0 Å². The number of ketones is 1. The maximum absolute atomic E-state index is 12.0. The molecular formula is C15H17NO4. The van der Waals surface area contributed by atoms with Crippen LogP contribution in [0.5, 0.6) is 0 Å². The van der Waals surface area contributed by atoms with Crippen LogP contribution < -0.4 is 5.32 Å². The zero-order valence-corrected chi connectivity index (χ0v) is 11.1. The summed E-state index contributed by atoms with van der Waals surface area (Å²) in [4.78, 5) is 34.3. The number of rotatable bonds is 5. The van der Waals surface area contributed by atoms with Gasteiger partial charge in [0.15, 0.2) is 5.78 Å². The van der Waals surface area contributed by atoms with Crippen LogP contribution in [0.15, 0.2) is 18.2 Å². The van der Waals surface area contributed by atoms with Gasteiger partial charge < -0.3 is 10.4 Å². The number of carboxylic acid groups (broad SMARTS) is 1.